The van der Waals surface area contributed by atoms with Gasteiger partial charge in [-0.15, -0.1) is 10.2 Å². The molecule has 4 rings (SSSR count). The van der Waals surface area contributed by atoms with E-state index >= 15 is 0 Å². The number of alkyl carbamates (subject to hydrolysis) is 1. The highest BCUT2D eigenvalue weighted by Gasteiger charge is 2.27. The van der Waals surface area contributed by atoms with Crippen LogP contribution in [0, 0.1) is 12.8 Å². The minimum Gasteiger partial charge on any atom is -0.444 e. The summed E-state index contributed by atoms with van der Waals surface area (Å²) in [5.41, 5.74) is 2.99. The third kappa shape index (κ3) is 7.78. The Labute approximate surface area is 247 Å². The summed E-state index contributed by atoms with van der Waals surface area (Å²) in [5, 5.41) is 17.7. The van der Waals surface area contributed by atoms with Crippen LogP contribution in [0.5, 0.6) is 0 Å². The fourth-order valence-corrected chi connectivity index (χ4v) is 5.22. The number of nitrogens with zero attached hydrogens (tertiary/aromatic N) is 5. The van der Waals surface area contributed by atoms with Gasteiger partial charge in [0.1, 0.15) is 17.5 Å². The van der Waals surface area contributed by atoms with Crippen LogP contribution in [-0.2, 0) is 14.3 Å². The summed E-state index contributed by atoms with van der Waals surface area (Å²) >= 11 is 0. The van der Waals surface area contributed by atoms with Gasteiger partial charge in [-0.3, -0.25) is 9.20 Å². The van der Waals surface area contributed by atoms with Crippen LogP contribution in [0.1, 0.15) is 67.1 Å². The van der Waals surface area contributed by atoms with Crippen LogP contribution in [0.2, 0.25) is 0 Å². The molecular formula is C30H46N8O4. The molecule has 0 saturated carbocycles. The predicted octanol–water partition coefficient (Wildman–Crippen LogP) is 4.06. The molecule has 0 bridgehead atoms. The lowest BCUT2D eigenvalue weighted by molar-refractivity contribution is -0.124. The van der Waals surface area contributed by atoms with Crippen LogP contribution in [-0.4, -0.2) is 81.6 Å². The van der Waals surface area contributed by atoms with Crippen molar-refractivity contribution in [2.75, 3.05) is 36.4 Å². The summed E-state index contributed by atoms with van der Waals surface area (Å²) in [6.07, 6.45) is 1.29. The van der Waals surface area contributed by atoms with E-state index in [0.29, 0.717) is 24.6 Å². The number of fused-ring (bicyclic) bond motifs is 3. The predicted molar refractivity (Wildman–Crippen MR) is 164 cm³/mol. The lowest BCUT2D eigenvalue weighted by Crippen LogP contribution is -2.51. The Morgan fingerprint density at radius 2 is 1.79 bits per heavy atom. The molecule has 1 aliphatic heterocycles. The highest BCUT2D eigenvalue weighted by atomic mass is 16.6. The number of anilines is 2. The van der Waals surface area contributed by atoms with E-state index in [4.69, 9.17) is 14.5 Å². The van der Waals surface area contributed by atoms with Gasteiger partial charge in [-0.2, -0.15) is 0 Å². The van der Waals surface area contributed by atoms with Gasteiger partial charge in [0.05, 0.1) is 23.2 Å². The zero-order valence-corrected chi connectivity index (χ0v) is 26.2. The molecule has 0 radical (unpaired) electrons. The van der Waals surface area contributed by atoms with Crippen LogP contribution in [0.3, 0.4) is 0 Å². The quantitative estimate of drug-likeness (QED) is 0.303. The van der Waals surface area contributed by atoms with E-state index in [9.17, 15) is 9.59 Å². The number of nitrogens with one attached hydrogen (secondary N) is 3. The van der Waals surface area contributed by atoms with E-state index in [1.807, 2.05) is 25.2 Å². The molecular weight excluding hydrogens is 536 g/mol. The molecule has 3 heterocycles. The van der Waals surface area contributed by atoms with Crippen LogP contribution >= 0.6 is 0 Å². The van der Waals surface area contributed by atoms with Crippen molar-refractivity contribution in [1.82, 2.24) is 30.2 Å². The number of hydrogen-bond acceptors (Lipinski definition) is 9. The second-order valence-electron chi connectivity index (χ2n) is 12.5. The first-order valence-electron chi connectivity index (χ1n) is 14.9. The van der Waals surface area contributed by atoms with Gasteiger partial charge < -0.3 is 30.3 Å². The average molecular weight is 583 g/mol. The van der Waals surface area contributed by atoms with Gasteiger partial charge in [-0.05, 0) is 78.5 Å². The zero-order chi connectivity index (χ0) is 30.6. The number of aromatic nitrogens is 4. The molecule has 230 valence electrons. The van der Waals surface area contributed by atoms with Crippen molar-refractivity contribution < 1.29 is 19.1 Å². The largest absolute Gasteiger partial charge is 0.444 e. The highest BCUT2D eigenvalue weighted by molar-refractivity contribution is 5.86. The summed E-state index contributed by atoms with van der Waals surface area (Å²) in [6, 6.07) is 5.66. The number of rotatable bonds is 10. The molecule has 0 unspecified atom stereocenters. The Balaban J connectivity index is 1.35. The van der Waals surface area contributed by atoms with E-state index in [-0.39, 0.29) is 24.0 Å². The van der Waals surface area contributed by atoms with E-state index in [1.165, 1.54) is 0 Å². The van der Waals surface area contributed by atoms with Crippen LogP contribution in [0.15, 0.2) is 18.2 Å². The Bertz CT molecular complexity index is 1390. The van der Waals surface area contributed by atoms with Crippen molar-refractivity contribution in [3.05, 3.63) is 24.0 Å². The molecule has 3 N–H and O–H groups in total. The van der Waals surface area contributed by atoms with Gasteiger partial charge in [-0.25, -0.2) is 9.78 Å². The van der Waals surface area contributed by atoms with Gasteiger partial charge in [0.15, 0.2) is 5.82 Å². The van der Waals surface area contributed by atoms with Crippen molar-refractivity contribution in [1.29, 1.82) is 0 Å². The van der Waals surface area contributed by atoms with Crippen LogP contribution < -0.4 is 20.9 Å². The summed E-state index contributed by atoms with van der Waals surface area (Å²) in [7, 11) is 0. The Morgan fingerprint density at radius 1 is 1.10 bits per heavy atom. The van der Waals surface area contributed by atoms with Crippen molar-refractivity contribution in [2.24, 2.45) is 5.92 Å². The maximum absolute atomic E-state index is 12.8. The topological polar surface area (TPSA) is 135 Å². The molecule has 0 aliphatic carbocycles. The zero-order valence-electron chi connectivity index (χ0n) is 26.2. The summed E-state index contributed by atoms with van der Waals surface area (Å²) in [6.45, 7) is 18.1. The number of carbonyl (C=O) groups is 2. The molecule has 1 aliphatic rings. The number of amides is 2. The molecule has 0 spiro atoms. The molecule has 12 heteroatoms. The third-order valence-electron chi connectivity index (χ3n) is 7.07. The number of morpholine rings is 1. The summed E-state index contributed by atoms with van der Waals surface area (Å²) in [4.78, 5) is 32.2. The number of carbonyl (C=O) groups excluding carboxylic acids is 2. The first-order valence-corrected chi connectivity index (χ1v) is 14.9. The molecule has 42 heavy (non-hydrogen) atoms. The fraction of sp³-hybridized carbons (Fsp3) is 0.633. The minimum atomic E-state index is -0.669. The number of aryl methyl sites for hydroxylation is 1. The van der Waals surface area contributed by atoms with Crippen molar-refractivity contribution in [3.63, 3.8) is 0 Å². The fourth-order valence-electron chi connectivity index (χ4n) is 5.22. The van der Waals surface area contributed by atoms with Gasteiger partial charge in [0.25, 0.3) is 0 Å². The first kappa shape index (κ1) is 31.3. The van der Waals surface area contributed by atoms with Gasteiger partial charge in [0, 0.05) is 31.9 Å². The number of unbranched alkanes of at least 4 members (excludes halogenated alkanes) is 1. The number of benzene rings is 1. The monoisotopic (exact) mass is 582 g/mol. The molecule has 1 fully saturated rings. The van der Waals surface area contributed by atoms with Crippen molar-refractivity contribution in [2.45, 2.75) is 92.1 Å². The molecule has 1 saturated heterocycles. The Morgan fingerprint density at radius 3 is 2.45 bits per heavy atom. The smallest absolute Gasteiger partial charge is 0.408 e. The second-order valence-corrected chi connectivity index (χ2v) is 12.5. The van der Waals surface area contributed by atoms with Gasteiger partial charge >= 0.3 is 6.09 Å². The third-order valence-corrected chi connectivity index (χ3v) is 7.07. The molecule has 2 amide bonds. The van der Waals surface area contributed by atoms with E-state index in [0.717, 1.165) is 48.5 Å². The van der Waals surface area contributed by atoms with Crippen molar-refractivity contribution in [3.8, 4) is 0 Å². The molecule has 12 nitrogen and oxygen atoms in total. The lowest BCUT2D eigenvalue weighted by atomic mass is 10.0. The average Bonchev–Trinajstić information content (AvgIpc) is 3.28. The van der Waals surface area contributed by atoms with Crippen molar-refractivity contribution >= 4 is 40.2 Å². The second kappa shape index (κ2) is 13.1. The standard InChI is InChI=1S/C30H46N8O4/c1-18(2)25(34-29(40)42-30(6,7)8)28(39)32-14-10-9-13-31-26-27-36-35-21(5)38(27)24-12-11-22(15-23(24)33-26)37-16-19(3)41-20(4)17-37/h11-12,15,18-20,25H,9-10,13-14,16-17H2,1-8H3,(H,31,33)(H,32,39)(H,34,40)/t19-,20+,25-/m0/s1. The Hall–Kier alpha value is -3.67. The highest BCUT2D eigenvalue weighted by Crippen LogP contribution is 2.27. The first-order chi connectivity index (χ1) is 19.8. The minimum absolute atomic E-state index is 0.0808. The molecule has 3 atom stereocenters. The SMILES string of the molecule is Cc1nnc2c(NCCCCNC(=O)[C@@H](NC(=O)OC(C)(C)C)C(C)C)nc3cc(N4C[C@@H](C)O[C@@H](C)C4)ccc3n12. The van der Waals surface area contributed by atoms with Gasteiger partial charge in [-0.1, -0.05) is 13.8 Å². The maximum Gasteiger partial charge on any atom is 0.408 e. The molecule has 2 aromatic heterocycles. The summed E-state index contributed by atoms with van der Waals surface area (Å²) < 4.78 is 13.3. The summed E-state index contributed by atoms with van der Waals surface area (Å²) in [5.74, 6) is 1.17. The molecule has 1 aromatic carbocycles. The van der Waals surface area contributed by atoms with E-state index in [1.54, 1.807) is 20.8 Å². The van der Waals surface area contributed by atoms with Crippen LogP contribution in [0.4, 0.5) is 16.3 Å². The van der Waals surface area contributed by atoms with E-state index in [2.05, 4.69) is 63.1 Å². The van der Waals surface area contributed by atoms with Crippen LogP contribution in [0.25, 0.3) is 16.7 Å². The van der Waals surface area contributed by atoms with Gasteiger partial charge in [0.2, 0.25) is 11.6 Å². The Kier molecular flexibility index (Phi) is 9.75. The number of hydrogen-bond donors (Lipinski definition) is 3. The lowest BCUT2D eigenvalue weighted by Gasteiger charge is -2.36. The molecule has 3 aromatic rings. The van der Waals surface area contributed by atoms with E-state index < -0.39 is 17.7 Å². The maximum atomic E-state index is 12.8. The normalized spacial score (nSPS) is 18.4. The number of ether oxygens (including phenoxy) is 2.